The zero-order valence-electron chi connectivity index (χ0n) is 10.3. The van der Waals surface area contributed by atoms with E-state index in [9.17, 15) is 0 Å². The SMILES string of the molecule is CSN1CC2CC(C1)N2Cc1ccc(C)nn1. The van der Waals surface area contributed by atoms with Gasteiger partial charge < -0.3 is 0 Å². The number of fused-ring (bicyclic) bond motifs is 2. The van der Waals surface area contributed by atoms with Crippen LogP contribution in [0.15, 0.2) is 12.1 Å². The molecule has 2 unspecified atom stereocenters. The number of aryl methyl sites for hydroxylation is 1. The van der Waals surface area contributed by atoms with Gasteiger partial charge in [0.25, 0.3) is 0 Å². The lowest BCUT2D eigenvalue weighted by Crippen LogP contribution is -2.66. The minimum Gasteiger partial charge on any atom is -0.289 e. The Balaban J connectivity index is 1.63. The zero-order chi connectivity index (χ0) is 11.8. The van der Waals surface area contributed by atoms with Gasteiger partial charge in [0.15, 0.2) is 0 Å². The van der Waals surface area contributed by atoms with Crippen LogP contribution in [0, 0.1) is 6.92 Å². The third-order valence-corrected chi connectivity index (χ3v) is 4.58. The lowest BCUT2D eigenvalue weighted by Gasteiger charge is -2.55. The van der Waals surface area contributed by atoms with Crippen molar-refractivity contribution in [1.82, 2.24) is 19.4 Å². The number of piperazine rings is 1. The molecule has 0 spiro atoms. The van der Waals surface area contributed by atoms with Gasteiger partial charge in [0.05, 0.1) is 11.4 Å². The molecule has 3 aliphatic rings. The molecular formula is C12H18N4S. The van der Waals surface area contributed by atoms with Crippen LogP contribution >= 0.6 is 11.9 Å². The van der Waals surface area contributed by atoms with Gasteiger partial charge in [-0.05, 0) is 31.7 Å². The van der Waals surface area contributed by atoms with Crippen molar-refractivity contribution in [2.45, 2.75) is 32.0 Å². The van der Waals surface area contributed by atoms with Crippen molar-refractivity contribution in [3.05, 3.63) is 23.5 Å². The van der Waals surface area contributed by atoms with Gasteiger partial charge in [0.1, 0.15) is 0 Å². The summed E-state index contributed by atoms with van der Waals surface area (Å²) in [6.07, 6.45) is 3.52. The van der Waals surface area contributed by atoms with E-state index in [4.69, 9.17) is 0 Å². The standard InChI is InChI=1S/C12H18N4S/c1-9-3-4-10(14-13-9)6-16-11-5-12(16)8-15(7-11)17-2/h3-4,11-12H,5-8H2,1-2H3. The second kappa shape index (κ2) is 4.55. The van der Waals surface area contributed by atoms with Gasteiger partial charge in [0, 0.05) is 31.7 Å². The van der Waals surface area contributed by atoms with Crippen molar-refractivity contribution in [1.29, 1.82) is 0 Å². The average Bonchev–Trinajstić information content (AvgIpc) is 2.38. The first-order chi connectivity index (χ1) is 8.26. The molecule has 1 aromatic rings. The van der Waals surface area contributed by atoms with Crippen molar-refractivity contribution >= 4 is 11.9 Å². The van der Waals surface area contributed by atoms with Crippen LogP contribution in [0.5, 0.6) is 0 Å². The lowest BCUT2D eigenvalue weighted by atomic mass is 9.88. The molecule has 17 heavy (non-hydrogen) atoms. The number of hydrogen-bond donors (Lipinski definition) is 0. The van der Waals surface area contributed by atoms with E-state index < -0.39 is 0 Å². The number of rotatable bonds is 3. The van der Waals surface area contributed by atoms with E-state index in [2.05, 4.69) is 31.7 Å². The average molecular weight is 250 g/mol. The van der Waals surface area contributed by atoms with E-state index in [-0.39, 0.29) is 0 Å². The van der Waals surface area contributed by atoms with Crippen LogP contribution in [-0.2, 0) is 6.54 Å². The Labute approximate surface area is 107 Å². The summed E-state index contributed by atoms with van der Waals surface area (Å²) in [6.45, 7) is 5.32. The topological polar surface area (TPSA) is 32.3 Å². The monoisotopic (exact) mass is 250 g/mol. The molecule has 4 heterocycles. The van der Waals surface area contributed by atoms with Gasteiger partial charge in [-0.1, -0.05) is 11.9 Å². The quantitative estimate of drug-likeness (QED) is 0.756. The highest BCUT2D eigenvalue weighted by molar-refractivity contribution is 7.96. The molecule has 3 saturated heterocycles. The van der Waals surface area contributed by atoms with Crippen molar-refractivity contribution < 1.29 is 0 Å². The summed E-state index contributed by atoms with van der Waals surface area (Å²) in [5.74, 6) is 0. The third-order valence-electron chi connectivity index (χ3n) is 3.77. The van der Waals surface area contributed by atoms with Crippen LogP contribution in [0.4, 0.5) is 0 Å². The van der Waals surface area contributed by atoms with Gasteiger partial charge in [-0.25, -0.2) is 4.31 Å². The molecule has 0 saturated carbocycles. The Bertz CT molecular complexity index is 382. The molecule has 0 aromatic carbocycles. The van der Waals surface area contributed by atoms with Crippen LogP contribution in [0.1, 0.15) is 17.8 Å². The fraction of sp³-hybridized carbons (Fsp3) is 0.667. The van der Waals surface area contributed by atoms with Gasteiger partial charge in [-0.15, -0.1) is 0 Å². The summed E-state index contributed by atoms with van der Waals surface area (Å²) in [6, 6.07) is 5.60. The number of hydrogen-bond acceptors (Lipinski definition) is 5. The number of piperidine rings is 1. The maximum atomic E-state index is 4.26. The van der Waals surface area contributed by atoms with Crippen molar-refractivity contribution in [3.63, 3.8) is 0 Å². The first-order valence-corrected chi connectivity index (χ1v) is 7.28. The van der Waals surface area contributed by atoms with Crippen LogP contribution in [0.2, 0.25) is 0 Å². The molecule has 3 aliphatic heterocycles. The van der Waals surface area contributed by atoms with E-state index in [1.165, 1.54) is 19.5 Å². The summed E-state index contributed by atoms with van der Waals surface area (Å²) in [4.78, 5) is 2.58. The second-order valence-electron chi connectivity index (χ2n) is 4.91. The van der Waals surface area contributed by atoms with E-state index in [1.54, 1.807) is 0 Å². The molecule has 5 heteroatoms. The minimum absolute atomic E-state index is 0.726. The van der Waals surface area contributed by atoms with Gasteiger partial charge >= 0.3 is 0 Å². The molecule has 0 N–H and O–H groups in total. The van der Waals surface area contributed by atoms with Crippen molar-refractivity contribution in [2.24, 2.45) is 0 Å². The minimum atomic E-state index is 0.726. The third kappa shape index (κ3) is 2.19. The Morgan fingerprint density at radius 3 is 2.65 bits per heavy atom. The summed E-state index contributed by atoms with van der Waals surface area (Å²) >= 11 is 1.87. The molecule has 0 aliphatic carbocycles. The van der Waals surface area contributed by atoms with E-state index in [1.807, 2.05) is 24.9 Å². The molecule has 3 fully saturated rings. The summed E-state index contributed by atoms with van der Waals surface area (Å²) in [5.41, 5.74) is 2.09. The van der Waals surface area contributed by atoms with E-state index >= 15 is 0 Å². The maximum absolute atomic E-state index is 4.26. The summed E-state index contributed by atoms with van der Waals surface area (Å²) < 4.78 is 2.47. The van der Waals surface area contributed by atoms with Gasteiger partial charge in [-0.2, -0.15) is 10.2 Å². The molecular weight excluding hydrogens is 232 g/mol. The maximum Gasteiger partial charge on any atom is 0.0771 e. The molecule has 0 amide bonds. The van der Waals surface area contributed by atoms with Crippen LogP contribution < -0.4 is 0 Å². The number of nitrogens with zero attached hydrogens (tertiary/aromatic N) is 4. The molecule has 0 radical (unpaired) electrons. The molecule has 92 valence electrons. The summed E-state index contributed by atoms with van der Waals surface area (Å²) in [7, 11) is 0. The fourth-order valence-corrected chi connectivity index (χ4v) is 3.40. The predicted octanol–water partition coefficient (Wildman–Crippen LogP) is 1.32. The van der Waals surface area contributed by atoms with E-state index in [0.717, 1.165) is 30.0 Å². The first-order valence-electron chi connectivity index (χ1n) is 6.10. The normalized spacial score (nSPS) is 29.1. The van der Waals surface area contributed by atoms with Crippen LogP contribution in [0.25, 0.3) is 0 Å². The Hall–Kier alpha value is -0.650. The Kier molecular flexibility index (Phi) is 3.06. The van der Waals surface area contributed by atoms with Gasteiger partial charge in [0.2, 0.25) is 0 Å². The highest BCUT2D eigenvalue weighted by atomic mass is 32.2. The van der Waals surface area contributed by atoms with Crippen LogP contribution in [-0.4, -0.2) is 50.8 Å². The molecule has 4 nitrogen and oxygen atoms in total. The predicted molar refractivity (Wildman–Crippen MR) is 69.6 cm³/mol. The molecule has 2 atom stereocenters. The largest absolute Gasteiger partial charge is 0.289 e. The Morgan fingerprint density at radius 2 is 2.06 bits per heavy atom. The van der Waals surface area contributed by atoms with Gasteiger partial charge in [-0.3, -0.25) is 4.90 Å². The highest BCUT2D eigenvalue weighted by Gasteiger charge is 2.44. The first kappa shape index (κ1) is 11.4. The Morgan fingerprint density at radius 1 is 1.29 bits per heavy atom. The smallest absolute Gasteiger partial charge is 0.0771 e. The molecule has 1 aromatic heterocycles. The zero-order valence-corrected chi connectivity index (χ0v) is 11.2. The second-order valence-corrected chi connectivity index (χ2v) is 5.79. The van der Waals surface area contributed by atoms with Crippen molar-refractivity contribution in [2.75, 3.05) is 19.3 Å². The summed E-state index contributed by atoms with van der Waals surface area (Å²) in [5, 5.41) is 8.38. The van der Waals surface area contributed by atoms with E-state index in [0.29, 0.717) is 0 Å². The lowest BCUT2D eigenvalue weighted by molar-refractivity contribution is -0.0478. The van der Waals surface area contributed by atoms with Crippen LogP contribution in [0.3, 0.4) is 0 Å². The number of aromatic nitrogens is 2. The molecule has 4 rings (SSSR count). The fourth-order valence-electron chi connectivity index (χ4n) is 2.75. The van der Waals surface area contributed by atoms with Crippen molar-refractivity contribution in [3.8, 4) is 0 Å². The molecule has 2 bridgehead atoms. The highest BCUT2D eigenvalue weighted by Crippen LogP contribution is 2.35.